The third-order valence-electron chi connectivity index (χ3n) is 2.29. The lowest BCUT2D eigenvalue weighted by atomic mass is 10.2. The molecule has 0 radical (unpaired) electrons. The number of hydrogen-bond donors (Lipinski definition) is 3. The fraction of sp³-hybridized carbons (Fsp3) is 0.364. The zero-order chi connectivity index (χ0) is 13.5. The fourth-order valence-corrected chi connectivity index (χ4v) is 1.50. The van der Waals surface area contributed by atoms with Crippen molar-refractivity contribution in [3.8, 4) is 0 Å². The molecule has 0 saturated heterocycles. The van der Waals surface area contributed by atoms with E-state index in [-0.39, 0.29) is 23.7 Å². The summed E-state index contributed by atoms with van der Waals surface area (Å²) in [6.45, 7) is 2.71. The van der Waals surface area contributed by atoms with Crippen LogP contribution in [0.3, 0.4) is 0 Å². The number of benzene rings is 1. The van der Waals surface area contributed by atoms with Crippen LogP contribution < -0.4 is 16.4 Å². The maximum atomic E-state index is 11.2. The van der Waals surface area contributed by atoms with E-state index in [0.29, 0.717) is 18.8 Å². The summed E-state index contributed by atoms with van der Waals surface area (Å²) in [4.78, 5) is 21.5. The number of nitrogens with two attached hydrogens (primary N) is 1. The van der Waals surface area contributed by atoms with Crippen LogP contribution in [0, 0.1) is 10.1 Å². The number of amides is 1. The summed E-state index contributed by atoms with van der Waals surface area (Å²) in [5.41, 5.74) is 5.81. The highest BCUT2D eigenvalue weighted by Gasteiger charge is 2.17. The van der Waals surface area contributed by atoms with Gasteiger partial charge in [0.25, 0.3) is 0 Å². The lowest BCUT2D eigenvalue weighted by Crippen LogP contribution is -2.24. The van der Waals surface area contributed by atoms with E-state index in [1.807, 2.05) is 6.92 Å². The van der Waals surface area contributed by atoms with E-state index in [2.05, 4.69) is 10.6 Å². The van der Waals surface area contributed by atoms with Crippen molar-refractivity contribution in [3.05, 3.63) is 28.3 Å². The van der Waals surface area contributed by atoms with E-state index in [1.165, 1.54) is 6.07 Å². The van der Waals surface area contributed by atoms with Gasteiger partial charge in [-0.3, -0.25) is 14.9 Å². The Labute approximate surface area is 105 Å². The first-order chi connectivity index (χ1) is 8.56. The van der Waals surface area contributed by atoms with E-state index >= 15 is 0 Å². The molecule has 0 unspecified atom stereocenters. The highest BCUT2D eigenvalue weighted by Crippen LogP contribution is 2.30. The number of nitro groups is 1. The molecule has 7 heteroatoms. The van der Waals surface area contributed by atoms with Crippen LogP contribution in [0.1, 0.15) is 13.3 Å². The molecule has 0 aliphatic rings. The molecule has 1 rings (SSSR count). The maximum Gasteiger partial charge on any atom is 0.314 e. The number of para-hydroxylation sites is 1. The summed E-state index contributed by atoms with van der Waals surface area (Å²) in [6, 6.07) is 4.65. The number of hydrogen-bond acceptors (Lipinski definition) is 5. The molecule has 98 valence electrons. The van der Waals surface area contributed by atoms with E-state index in [1.54, 1.807) is 12.1 Å². The van der Waals surface area contributed by atoms with E-state index in [0.717, 1.165) is 0 Å². The van der Waals surface area contributed by atoms with Crippen LogP contribution in [-0.2, 0) is 4.79 Å². The van der Waals surface area contributed by atoms with Crippen molar-refractivity contribution in [3.63, 3.8) is 0 Å². The first-order valence-electron chi connectivity index (χ1n) is 5.59. The van der Waals surface area contributed by atoms with Crippen LogP contribution in [0.4, 0.5) is 17.1 Å². The predicted molar refractivity (Wildman–Crippen MR) is 69.3 cm³/mol. The number of nitro benzene ring substituents is 1. The normalized spacial score (nSPS) is 9.83. The van der Waals surface area contributed by atoms with Crippen molar-refractivity contribution in [1.29, 1.82) is 0 Å². The van der Waals surface area contributed by atoms with Crippen LogP contribution in [0.5, 0.6) is 0 Å². The summed E-state index contributed by atoms with van der Waals surface area (Å²) in [5, 5.41) is 16.3. The number of carbonyl (C=O) groups is 1. The molecule has 0 atom stereocenters. The highest BCUT2D eigenvalue weighted by molar-refractivity contribution is 5.77. The van der Waals surface area contributed by atoms with Crippen molar-refractivity contribution in [2.75, 3.05) is 24.1 Å². The maximum absolute atomic E-state index is 11.2. The minimum absolute atomic E-state index is 0.100. The molecule has 0 aliphatic carbocycles. The lowest BCUT2D eigenvalue weighted by molar-refractivity contribution is -0.383. The molecule has 0 fully saturated rings. The molecule has 1 aromatic carbocycles. The van der Waals surface area contributed by atoms with Crippen LogP contribution in [0.2, 0.25) is 0 Å². The molecule has 1 aromatic rings. The van der Waals surface area contributed by atoms with Gasteiger partial charge in [-0.2, -0.15) is 0 Å². The van der Waals surface area contributed by atoms with Crippen LogP contribution in [-0.4, -0.2) is 23.9 Å². The van der Waals surface area contributed by atoms with Crippen molar-refractivity contribution in [2.24, 2.45) is 0 Å². The smallest absolute Gasteiger partial charge is 0.314 e. The number of nitrogens with zero attached hydrogens (tertiary/aromatic N) is 1. The quantitative estimate of drug-likeness (QED) is 0.399. The average molecular weight is 252 g/mol. The van der Waals surface area contributed by atoms with Gasteiger partial charge in [-0.15, -0.1) is 0 Å². The van der Waals surface area contributed by atoms with Gasteiger partial charge in [0.15, 0.2) is 0 Å². The molecule has 18 heavy (non-hydrogen) atoms. The van der Waals surface area contributed by atoms with Crippen molar-refractivity contribution in [1.82, 2.24) is 5.32 Å². The van der Waals surface area contributed by atoms with Gasteiger partial charge in [0.05, 0.1) is 4.92 Å². The summed E-state index contributed by atoms with van der Waals surface area (Å²) in [6.07, 6.45) is 0.250. The molecule has 0 saturated carbocycles. The monoisotopic (exact) mass is 252 g/mol. The SMILES string of the molecule is CCNC(=O)CCNc1cccc(N)c1[N+](=O)[O-]. The molecule has 0 bridgehead atoms. The molecule has 0 aliphatic heterocycles. The molecular weight excluding hydrogens is 236 g/mol. The average Bonchev–Trinajstić information content (AvgIpc) is 2.28. The second-order valence-corrected chi connectivity index (χ2v) is 3.63. The van der Waals surface area contributed by atoms with Crippen molar-refractivity contribution >= 4 is 23.0 Å². The van der Waals surface area contributed by atoms with E-state index < -0.39 is 4.92 Å². The Morgan fingerprint density at radius 3 is 2.83 bits per heavy atom. The van der Waals surface area contributed by atoms with Crippen molar-refractivity contribution < 1.29 is 9.72 Å². The number of rotatable bonds is 6. The Balaban J connectivity index is 2.65. The van der Waals surface area contributed by atoms with Crippen LogP contribution >= 0.6 is 0 Å². The Hall–Kier alpha value is -2.31. The van der Waals surface area contributed by atoms with Gasteiger partial charge < -0.3 is 16.4 Å². The Kier molecular flexibility index (Phi) is 4.91. The van der Waals surface area contributed by atoms with Crippen LogP contribution in [0.25, 0.3) is 0 Å². The second-order valence-electron chi connectivity index (χ2n) is 3.63. The zero-order valence-corrected chi connectivity index (χ0v) is 10.1. The minimum Gasteiger partial charge on any atom is -0.393 e. The third kappa shape index (κ3) is 3.62. The van der Waals surface area contributed by atoms with E-state index in [9.17, 15) is 14.9 Å². The number of nitrogen functional groups attached to an aromatic ring is 1. The van der Waals surface area contributed by atoms with E-state index in [4.69, 9.17) is 5.73 Å². The third-order valence-corrected chi connectivity index (χ3v) is 2.29. The molecule has 4 N–H and O–H groups in total. The summed E-state index contributed by atoms with van der Waals surface area (Å²) >= 11 is 0. The van der Waals surface area contributed by atoms with Gasteiger partial charge >= 0.3 is 5.69 Å². The molecule has 0 spiro atoms. The molecule has 7 nitrogen and oxygen atoms in total. The standard InChI is InChI=1S/C11H16N4O3/c1-2-13-10(16)6-7-14-9-5-3-4-8(12)11(9)15(17)18/h3-5,14H,2,6-7,12H2,1H3,(H,13,16). The predicted octanol–water partition coefficient (Wildman–Crippen LogP) is 1.12. The second kappa shape index (κ2) is 6.43. The lowest BCUT2D eigenvalue weighted by Gasteiger charge is -2.08. The zero-order valence-electron chi connectivity index (χ0n) is 10.1. The summed E-state index contributed by atoms with van der Waals surface area (Å²) in [7, 11) is 0. The summed E-state index contributed by atoms with van der Waals surface area (Å²) in [5.74, 6) is -0.100. The van der Waals surface area contributed by atoms with Crippen molar-refractivity contribution in [2.45, 2.75) is 13.3 Å². The number of nitrogens with one attached hydrogen (secondary N) is 2. The molecular formula is C11H16N4O3. The first kappa shape index (κ1) is 13.8. The fourth-order valence-electron chi connectivity index (χ4n) is 1.50. The molecule has 0 heterocycles. The molecule has 1 amide bonds. The minimum atomic E-state index is -0.538. The van der Waals surface area contributed by atoms with Gasteiger partial charge in [0.1, 0.15) is 11.4 Å². The Bertz CT molecular complexity index is 448. The topological polar surface area (TPSA) is 110 Å². The Morgan fingerprint density at radius 2 is 2.22 bits per heavy atom. The van der Waals surface area contributed by atoms with Crippen LogP contribution in [0.15, 0.2) is 18.2 Å². The first-order valence-corrected chi connectivity index (χ1v) is 5.59. The summed E-state index contributed by atoms with van der Waals surface area (Å²) < 4.78 is 0. The van der Waals surface area contributed by atoms with Gasteiger partial charge in [0, 0.05) is 19.5 Å². The van der Waals surface area contributed by atoms with Gasteiger partial charge in [-0.05, 0) is 19.1 Å². The Morgan fingerprint density at radius 1 is 1.50 bits per heavy atom. The molecule has 0 aromatic heterocycles. The number of carbonyl (C=O) groups excluding carboxylic acids is 1. The largest absolute Gasteiger partial charge is 0.393 e. The number of anilines is 2. The van der Waals surface area contributed by atoms with Gasteiger partial charge in [-0.1, -0.05) is 6.07 Å². The van der Waals surface area contributed by atoms with Gasteiger partial charge in [-0.25, -0.2) is 0 Å². The van der Waals surface area contributed by atoms with Gasteiger partial charge in [0.2, 0.25) is 5.91 Å². The highest BCUT2D eigenvalue weighted by atomic mass is 16.6.